The van der Waals surface area contributed by atoms with Crippen molar-refractivity contribution in [2.24, 2.45) is 0 Å². The summed E-state index contributed by atoms with van der Waals surface area (Å²) in [5, 5.41) is 37.9. The van der Waals surface area contributed by atoms with Crippen LogP contribution in [-0.4, -0.2) is 5.78 Å². The molecular weight excluding hydrogens is 769 g/mol. The number of halogens is 2. The van der Waals surface area contributed by atoms with Gasteiger partial charge in [0, 0.05) is 5.57 Å². The van der Waals surface area contributed by atoms with Crippen LogP contribution in [0.1, 0.15) is 5.56 Å². The quantitative estimate of drug-likeness (QED) is 0.110. The number of benzene rings is 7. The fraction of sp³-hybridized carbons (Fsp3) is 0. The Morgan fingerprint density at radius 3 is 1.04 bits per heavy atom. The second kappa shape index (κ2) is 15.9. The standard InChI is InChI=1S/C49H34Cl2O3P2/c50-43-32-31-35(34-44(43)51)33-42-45(52)48(55(36-19-7-1-8-20-36,37-21-9-2-10-22-37)38-23-11-3-12-24-38)47(54)49(46(42)53)56(39-25-13-4-14-26-39,40-27-15-5-16-28-40)41-29-17-6-18-30-41/h1-34H. The highest BCUT2D eigenvalue weighted by Gasteiger charge is 2.58. The molecule has 0 saturated carbocycles. The third kappa shape index (κ3) is 6.32. The summed E-state index contributed by atoms with van der Waals surface area (Å²) in [6.07, 6.45) is 1.57. The molecule has 0 spiro atoms. The van der Waals surface area contributed by atoms with Crippen LogP contribution in [0, 0.1) is 0 Å². The second-order valence-corrected chi connectivity index (χ2v) is 20.8. The Morgan fingerprint density at radius 1 is 0.393 bits per heavy atom. The van der Waals surface area contributed by atoms with Gasteiger partial charge in [0.15, 0.2) is 5.31 Å². The molecule has 0 atom stereocenters. The minimum absolute atomic E-state index is 0.0779. The predicted octanol–water partition coefficient (Wildman–Crippen LogP) is 8.09. The lowest BCUT2D eigenvalue weighted by molar-refractivity contribution is -0.312. The molecular formula is C49H34Cl2O3P2. The number of carbonyl (C=O) groups is 1. The molecule has 0 saturated heterocycles. The molecule has 7 aromatic rings. The molecule has 7 heteroatoms. The lowest BCUT2D eigenvalue weighted by Gasteiger charge is -2.41. The van der Waals surface area contributed by atoms with Crippen LogP contribution in [0.5, 0.6) is 0 Å². The van der Waals surface area contributed by atoms with Crippen molar-refractivity contribution in [3.05, 3.63) is 244 Å². The van der Waals surface area contributed by atoms with Gasteiger partial charge in [0.2, 0.25) is 5.78 Å². The van der Waals surface area contributed by atoms with Gasteiger partial charge < -0.3 is 10.2 Å². The smallest absolute Gasteiger partial charge is 0.227 e. The van der Waals surface area contributed by atoms with Crippen LogP contribution in [0.15, 0.2) is 228 Å². The van der Waals surface area contributed by atoms with Gasteiger partial charge in [-0.25, -0.2) is 0 Å². The average Bonchev–Trinajstić information content (AvgIpc) is 3.26. The van der Waals surface area contributed by atoms with E-state index in [1.165, 1.54) is 0 Å². The highest BCUT2D eigenvalue weighted by molar-refractivity contribution is 8.01. The number of Topliss-reactive ketones (excluding diaryl/α,β-unsaturated/α-hetero) is 1. The van der Waals surface area contributed by atoms with E-state index >= 15 is 15.0 Å². The zero-order valence-corrected chi connectivity index (χ0v) is 33.3. The number of ketones is 1. The van der Waals surface area contributed by atoms with Gasteiger partial charge in [-0.1, -0.05) is 144 Å². The second-order valence-electron chi connectivity index (χ2n) is 13.3. The van der Waals surface area contributed by atoms with E-state index in [1.54, 1.807) is 24.3 Å². The molecule has 0 heterocycles. The van der Waals surface area contributed by atoms with Crippen molar-refractivity contribution in [1.29, 1.82) is 0 Å². The molecule has 0 N–H and O–H groups in total. The third-order valence-electron chi connectivity index (χ3n) is 10.1. The Bertz CT molecular complexity index is 2420. The third-order valence-corrected chi connectivity index (χ3v) is 19.5. The predicted molar refractivity (Wildman–Crippen MR) is 234 cm³/mol. The fourth-order valence-electron chi connectivity index (χ4n) is 7.76. The normalized spacial score (nSPS) is 14.3. The van der Waals surface area contributed by atoms with Crippen LogP contribution in [0.3, 0.4) is 0 Å². The highest BCUT2D eigenvalue weighted by atomic mass is 35.5. The van der Waals surface area contributed by atoms with E-state index in [0.29, 0.717) is 10.6 Å². The van der Waals surface area contributed by atoms with Crippen molar-refractivity contribution in [2.75, 3.05) is 0 Å². The van der Waals surface area contributed by atoms with Gasteiger partial charge in [0.1, 0.15) is 46.4 Å². The van der Waals surface area contributed by atoms with Crippen molar-refractivity contribution in [1.82, 2.24) is 0 Å². The van der Waals surface area contributed by atoms with E-state index in [4.69, 9.17) is 23.2 Å². The van der Waals surface area contributed by atoms with Crippen LogP contribution in [-0.2, 0) is 4.79 Å². The average molecular weight is 804 g/mol. The Morgan fingerprint density at radius 2 is 0.714 bits per heavy atom. The first-order valence-electron chi connectivity index (χ1n) is 18.1. The monoisotopic (exact) mass is 802 g/mol. The van der Waals surface area contributed by atoms with E-state index in [1.807, 2.05) is 182 Å². The van der Waals surface area contributed by atoms with E-state index in [2.05, 4.69) is 0 Å². The summed E-state index contributed by atoms with van der Waals surface area (Å²) in [6.45, 7) is 0. The lowest BCUT2D eigenvalue weighted by Crippen LogP contribution is -2.43. The maximum absolute atomic E-state index is 16.5. The molecule has 3 nitrogen and oxygen atoms in total. The van der Waals surface area contributed by atoms with Gasteiger partial charge >= 0.3 is 0 Å². The number of hydrogen-bond donors (Lipinski definition) is 0. The molecule has 272 valence electrons. The maximum atomic E-state index is 16.5. The van der Waals surface area contributed by atoms with Crippen molar-refractivity contribution in [2.45, 2.75) is 0 Å². The summed E-state index contributed by atoms with van der Waals surface area (Å²) in [4.78, 5) is 15.8. The molecule has 56 heavy (non-hydrogen) atoms. The zero-order chi connectivity index (χ0) is 38.7. The summed E-state index contributed by atoms with van der Waals surface area (Å²) in [6, 6.07) is 63.7. The molecule has 0 aliphatic heterocycles. The van der Waals surface area contributed by atoms with E-state index in [-0.39, 0.29) is 21.2 Å². The van der Waals surface area contributed by atoms with E-state index in [0.717, 1.165) is 31.8 Å². The van der Waals surface area contributed by atoms with Crippen LogP contribution in [0.25, 0.3) is 6.08 Å². The van der Waals surface area contributed by atoms with Gasteiger partial charge in [-0.05, 0) is 102 Å². The Labute approximate surface area is 338 Å². The molecule has 0 unspecified atom stereocenters. The minimum Gasteiger partial charge on any atom is -0.869 e. The largest absolute Gasteiger partial charge is 0.869 e. The van der Waals surface area contributed by atoms with E-state index < -0.39 is 31.8 Å². The van der Waals surface area contributed by atoms with Crippen LogP contribution < -0.4 is 42.0 Å². The van der Waals surface area contributed by atoms with Gasteiger partial charge in [-0.2, -0.15) is 0 Å². The zero-order valence-electron chi connectivity index (χ0n) is 30.0. The molecule has 0 amide bonds. The van der Waals surface area contributed by atoms with Gasteiger partial charge in [-0.15, -0.1) is 0 Å². The molecule has 0 bridgehead atoms. The van der Waals surface area contributed by atoms with Gasteiger partial charge in [0.05, 0.1) is 15.4 Å². The Balaban J connectivity index is 1.62. The molecule has 7 aromatic carbocycles. The SMILES string of the molecule is O=C1C(=Cc2ccc(Cl)c(Cl)c2)C([O-])=C([P+](c2ccccc2)(c2ccccc2)c2ccccc2)C([O-])=C1[P+](c1ccccc1)(c1ccccc1)c1ccccc1. The van der Waals surface area contributed by atoms with Crippen LogP contribution >= 0.6 is 37.7 Å². The van der Waals surface area contributed by atoms with Crippen molar-refractivity contribution < 1.29 is 15.0 Å². The Kier molecular flexibility index (Phi) is 10.6. The summed E-state index contributed by atoms with van der Waals surface area (Å²) in [7, 11) is -6.67. The van der Waals surface area contributed by atoms with Crippen molar-refractivity contribution >= 4 is 81.4 Å². The van der Waals surface area contributed by atoms with Gasteiger partial charge in [-0.3, -0.25) is 4.79 Å². The highest BCUT2D eigenvalue weighted by Crippen LogP contribution is 2.71. The maximum Gasteiger partial charge on any atom is 0.227 e. The van der Waals surface area contributed by atoms with E-state index in [9.17, 15) is 0 Å². The van der Waals surface area contributed by atoms with Gasteiger partial charge in [0.25, 0.3) is 0 Å². The summed E-state index contributed by atoms with van der Waals surface area (Å²) in [5.74, 6) is -1.75. The molecule has 0 aromatic heterocycles. The summed E-state index contributed by atoms with van der Waals surface area (Å²) >= 11 is 12.9. The first-order chi connectivity index (χ1) is 27.4. The van der Waals surface area contributed by atoms with Crippen molar-refractivity contribution in [3.63, 3.8) is 0 Å². The Hall–Kier alpha value is -5.53. The number of carbonyl (C=O) groups excluding carboxylic acids is 1. The lowest BCUT2D eigenvalue weighted by atomic mass is 9.99. The molecule has 0 radical (unpaired) electrons. The first kappa shape index (κ1) is 37.4. The number of allylic oxidation sites excluding steroid dienone is 3. The topological polar surface area (TPSA) is 63.2 Å². The fourth-order valence-corrected chi connectivity index (χ4v) is 16.9. The molecule has 8 rings (SSSR count). The summed E-state index contributed by atoms with van der Waals surface area (Å²) in [5.41, 5.74) is 0.405. The van der Waals surface area contributed by atoms with Crippen molar-refractivity contribution in [3.8, 4) is 0 Å². The number of hydrogen-bond acceptors (Lipinski definition) is 3. The van der Waals surface area contributed by atoms with Crippen LogP contribution in [0.2, 0.25) is 10.0 Å². The minimum atomic E-state index is -3.33. The first-order valence-corrected chi connectivity index (χ1v) is 22.4. The molecule has 0 fully saturated rings. The number of rotatable bonds is 9. The van der Waals surface area contributed by atoms with Crippen LogP contribution in [0.4, 0.5) is 0 Å². The molecule has 1 aliphatic rings. The summed E-state index contributed by atoms with van der Waals surface area (Å²) < 4.78 is 0. The molecule has 1 aliphatic carbocycles.